The van der Waals surface area contributed by atoms with E-state index in [0.29, 0.717) is 5.76 Å². The Morgan fingerprint density at radius 1 is 1.22 bits per heavy atom. The number of aromatic nitrogens is 1. The number of cyclic esters (lactones) is 1. The van der Waals surface area contributed by atoms with Crippen LogP contribution in [0.1, 0.15) is 31.2 Å². The number of hydrogen-bond acceptors (Lipinski definition) is 3. The van der Waals surface area contributed by atoms with E-state index in [9.17, 15) is 4.79 Å². The second-order valence-electron chi connectivity index (χ2n) is 4.48. The first kappa shape index (κ1) is 11.7. The molecule has 0 radical (unpaired) electrons. The summed E-state index contributed by atoms with van der Waals surface area (Å²) in [7, 11) is 0. The summed E-state index contributed by atoms with van der Waals surface area (Å²) in [6, 6.07) is 3.82. The third kappa shape index (κ3) is 2.12. The predicted molar refractivity (Wildman–Crippen MR) is 71.5 cm³/mol. The molecule has 0 spiro atoms. The van der Waals surface area contributed by atoms with Crippen LogP contribution in [0.3, 0.4) is 0 Å². The van der Waals surface area contributed by atoms with Crippen LogP contribution < -0.4 is 0 Å². The molecule has 18 heavy (non-hydrogen) atoms. The van der Waals surface area contributed by atoms with E-state index in [0.717, 1.165) is 47.0 Å². The second-order valence-corrected chi connectivity index (χ2v) is 5.29. The molecule has 1 aliphatic carbocycles. The lowest BCUT2D eigenvalue weighted by atomic mass is 9.92. The summed E-state index contributed by atoms with van der Waals surface area (Å²) in [4.78, 5) is 15.9. The van der Waals surface area contributed by atoms with E-state index in [1.807, 2.05) is 18.2 Å². The fraction of sp³-hybridized carbons (Fsp3) is 0.286. The van der Waals surface area contributed by atoms with Crippen molar-refractivity contribution in [2.75, 3.05) is 0 Å². The van der Waals surface area contributed by atoms with Crippen LogP contribution in [-0.2, 0) is 9.53 Å². The number of allylic oxidation sites excluding steroid dienone is 1. The molecule has 0 N–H and O–H groups in total. The minimum Gasteiger partial charge on any atom is -0.423 e. The number of ether oxygens (including phenoxy) is 1. The number of esters is 1. The van der Waals surface area contributed by atoms with Crippen LogP contribution in [0.15, 0.2) is 39.8 Å². The van der Waals surface area contributed by atoms with E-state index < -0.39 is 0 Å². The Morgan fingerprint density at radius 3 is 2.72 bits per heavy atom. The number of pyridine rings is 1. The molecule has 4 heteroatoms. The number of rotatable bonds is 1. The van der Waals surface area contributed by atoms with E-state index >= 15 is 0 Å². The maximum atomic E-state index is 11.7. The van der Waals surface area contributed by atoms with Crippen molar-refractivity contribution in [3.8, 4) is 0 Å². The molecular formula is C14H12BrNO2. The van der Waals surface area contributed by atoms with Gasteiger partial charge in [-0.1, -0.05) is 6.07 Å². The van der Waals surface area contributed by atoms with Gasteiger partial charge in [-0.3, -0.25) is 0 Å². The highest BCUT2D eigenvalue weighted by molar-refractivity contribution is 9.10. The molecule has 1 aromatic heterocycles. The first-order valence-corrected chi connectivity index (χ1v) is 6.81. The Labute approximate surface area is 114 Å². The Bertz CT molecular complexity index is 558. The average molecular weight is 306 g/mol. The van der Waals surface area contributed by atoms with E-state index in [-0.39, 0.29) is 5.97 Å². The molecule has 0 saturated carbocycles. The molecule has 0 aromatic carbocycles. The van der Waals surface area contributed by atoms with Crippen LogP contribution in [-0.4, -0.2) is 11.0 Å². The van der Waals surface area contributed by atoms with Crippen LogP contribution >= 0.6 is 15.9 Å². The molecular weight excluding hydrogens is 294 g/mol. The standard InChI is InChI=1S/C14H12BrNO2/c15-13-6-5-9(8-16-13)7-12-10-3-1-2-4-11(10)14(17)18-12/h5-8H,1-4H2. The fourth-order valence-electron chi connectivity index (χ4n) is 2.37. The number of carbonyl (C=O) groups is 1. The smallest absolute Gasteiger partial charge is 0.339 e. The molecule has 0 amide bonds. The van der Waals surface area contributed by atoms with E-state index in [1.165, 1.54) is 0 Å². The van der Waals surface area contributed by atoms with Gasteiger partial charge in [0.25, 0.3) is 0 Å². The summed E-state index contributed by atoms with van der Waals surface area (Å²) in [5.41, 5.74) is 2.91. The normalized spacial score (nSPS) is 21.2. The first-order valence-electron chi connectivity index (χ1n) is 6.02. The lowest BCUT2D eigenvalue weighted by molar-refractivity contribution is -0.133. The molecule has 0 bridgehead atoms. The molecule has 92 valence electrons. The van der Waals surface area contributed by atoms with Gasteiger partial charge in [0.05, 0.1) is 0 Å². The van der Waals surface area contributed by atoms with Crippen molar-refractivity contribution >= 4 is 28.0 Å². The van der Waals surface area contributed by atoms with E-state index in [4.69, 9.17) is 4.74 Å². The Kier molecular flexibility index (Phi) is 3.04. The SMILES string of the molecule is O=C1OC(=Cc2ccc(Br)nc2)C2=C1CCCC2. The van der Waals surface area contributed by atoms with Crippen molar-refractivity contribution in [1.29, 1.82) is 0 Å². The number of hydrogen-bond donors (Lipinski definition) is 0. The highest BCUT2D eigenvalue weighted by atomic mass is 79.9. The lowest BCUT2D eigenvalue weighted by Crippen LogP contribution is -2.01. The fourth-order valence-corrected chi connectivity index (χ4v) is 2.60. The summed E-state index contributed by atoms with van der Waals surface area (Å²) in [6.07, 6.45) is 7.66. The van der Waals surface area contributed by atoms with Crippen LogP contribution in [0.4, 0.5) is 0 Å². The number of halogens is 1. The van der Waals surface area contributed by atoms with Gasteiger partial charge in [0.2, 0.25) is 0 Å². The van der Waals surface area contributed by atoms with Gasteiger partial charge in [-0.05, 0) is 59.3 Å². The predicted octanol–water partition coefficient (Wildman–Crippen LogP) is 3.61. The Morgan fingerprint density at radius 2 is 2.00 bits per heavy atom. The van der Waals surface area contributed by atoms with Crippen molar-refractivity contribution in [3.63, 3.8) is 0 Å². The van der Waals surface area contributed by atoms with Gasteiger partial charge in [-0.2, -0.15) is 0 Å². The van der Waals surface area contributed by atoms with Crippen molar-refractivity contribution in [1.82, 2.24) is 4.98 Å². The Hall–Kier alpha value is -1.42. The average Bonchev–Trinajstić information content (AvgIpc) is 2.70. The van der Waals surface area contributed by atoms with Gasteiger partial charge in [0.1, 0.15) is 10.4 Å². The first-order chi connectivity index (χ1) is 8.74. The largest absolute Gasteiger partial charge is 0.423 e. The molecule has 3 nitrogen and oxygen atoms in total. The van der Waals surface area contributed by atoms with Crippen LogP contribution in [0.2, 0.25) is 0 Å². The van der Waals surface area contributed by atoms with E-state index in [2.05, 4.69) is 20.9 Å². The summed E-state index contributed by atoms with van der Waals surface area (Å²) >= 11 is 3.30. The van der Waals surface area contributed by atoms with Gasteiger partial charge >= 0.3 is 5.97 Å². The zero-order valence-corrected chi connectivity index (χ0v) is 11.4. The van der Waals surface area contributed by atoms with Gasteiger partial charge in [0, 0.05) is 17.3 Å². The Balaban J connectivity index is 1.95. The summed E-state index contributed by atoms with van der Waals surface area (Å²) in [5, 5.41) is 0. The van der Waals surface area contributed by atoms with Crippen molar-refractivity contribution < 1.29 is 9.53 Å². The highest BCUT2D eigenvalue weighted by Gasteiger charge is 2.30. The molecule has 0 saturated heterocycles. The summed E-state index contributed by atoms with van der Waals surface area (Å²) in [6.45, 7) is 0. The number of carbonyl (C=O) groups excluding carboxylic acids is 1. The summed E-state index contributed by atoms with van der Waals surface area (Å²) < 4.78 is 6.15. The quantitative estimate of drug-likeness (QED) is 0.588. The van der Waals surface area contributed by atoms with Crippen LogP contribution in [0.25, 0.3) is 6.08 Å². The lowest BCUT2D eigenvalue weighted by Gasteiger charge is -2.10. The minimum absolute atomic E-state index is 0.166. The van der Waals surface area contributed by atoms with Crippen molar-refractivity contribution in [2.45, 2.75) is 25.7 Å². The molecule has 3 rings (SSSR count). The van der Waals surface area contributed by atoms with Crippen LogP contribution in [0.5, 0.6) is 0 Å². The molecule has 0 fully saturated rings. The molecule has 0 atom stereocenters. The van der Waals surface area contributed by atoms with Gasteiger partial charge in [0.15, 0.2) is 0 Å². The molecule has 1 aromatic rings. The monoisotopic (exact) mass is 305 g/mol. The van der Waals surface area contributed by atoms with Crippen LogP contribution in [0, 0.1) is 0 Å². The van der Waals surface area contributed by atoms with E-state index in [1.54, 1.807) is 6.20 Å². The molecule has 1 aliphatic heterocycles. The van der Waals surface area contributed by atoms with Gasteiger partial charge in [-0.15, -0.1) is 0 Å². The zero-order chi connectivity index (χ0) is 12.5. The zero-order valence-electron chi connectivity index (χ0n) is 9.78. The number of nitrogens with zero attached hydrogens (tertiary/aromatic N) is 1. The van der Waals surface area contributed by atoms with Gasteiger partial charge in [-0.25, -0.2) is 9.78 Å². The third-order valence-corrected chi connectivity index (χ3v) is 3.73. The van der Waals surface area contributed by atoms with Crippen molar-refractivity contribution in [2.24, 2.45) is 0 Å². The maximum absolute atomic E-state index is 11.7. The third-order valence-electron chi connectivity index (χ3n) is 3.26. The highest BCUT2D eigenvalue weighted by Crippen LogP contribution is 2.37. The summed E-state index contributed by atoms with van der Waals surface area (Å²) in [5.74, 6) is 0.542. The van der Waals surface area contributed by atoms with Gasteiger partial charge < -0.3 is 4.74 Å². The second kappa shape index (κ2) is 4.69. The molecule has 2 aliphatic rings. The maximum Gasteiger partial charge on any atom is 0.339 e. The molecule has 2 heterocycles. The topological polar surface area (TPSA) is 39.2 Å². The molecule has 0 unspecified atom stereocenters. The van der Waals surface area contributed by atoms with Crippen molar-refractivity contribution in [3.05, 3.63) is 45.4 Å². The minimum atomic E-state index is -0.166.